The maximum Gasteiger partial charge on any atom is 0.289 e. The molecule has 5 heterocycles. The van der Waals surface area contributed by atoms with Gasteiger partial charge in [-0.15, -0.1) is 0 Å². The number of unbranched alkanes of at least 4 members (excludes halogenated alkanes) is 13. The largest absolute Gasteiger partial charge is 0.459 e. The van der Waals surface area contributed by atoms with E-state index in [1.165, 1.54) is 250 Å². The third kappa shape index (κ3) is 62.8. The Morgan fingerprint density at radius 1 is 0.295 bits per heavy atom. The molecule has 1 aromatic carbocycles. The molecular weight excluding hydrogens is 1620 g/mol. The molecule has 1 aromatic heterocycles. The molecule has 0 saturated carbocycles. The van der Waals surface area contributed by atoms with Crippen LogP contribution in [0.5, 0.6) is 0 Å². The lowest BCUT2D eigenvalue weighted by Gasteiger charge is -2.35. The SMILES string of the molecule is C/C(=C\CN1CCN(C(=O)C(C)C)CC1)CCCC(C)CCCC(C)CCCC(C)C.C/C(=C\CN1CCN(C(=O)c2ccccc2)CC1)CCCC(C)CCCC(C)CCCC(C)C.CC(C)=CCC/C(C)=C/CC/C(C)=C/CN1CCN(C(=O)c2ccco2)CC1.CCCCCCCCCCCCCCCCC(=O)N1CCN(C/C=C(\C)CC/C=C(\C)CCC=C(C)C)CC1. The molecule has 0 radical (unpaired) electrons. The van der Waals surface area contributed by atoms with Crippen LogP contribution in [-0.2, 0) is 9.59 Å². The van der Waals surface area contributed by atoms with Crippen molar-refractivity contribution < 1.29 is 23.6 Å². The maximum atomic E-state index is 12.6. The second kappa shape index (κ2) is 76.1. The van der Waals surface area contributed by atoms with E-state index in [2.05, 4.69) is 205 Å². The Kier molecular flexibility index (Phi) is 69.4. The Bertz CT molecular complexity index is 3500. The standard InChI is InChI=1S/C36H66N2O.C31H52N2O.C28H54N2O.C24H36N2O2/c1-6-7-8-9-10-11-12-13-14-15-16-17-18-19-26-36(39)38-31-29-37(30-32-38)28-27-35(5)25-21-24-34(4)23-20-22-33(2)3;1-26(2)12-9-13-27(3)14-10-15-28(4)16-11-17-29(5)20-21-32-22-24-33(25-23-32)31(34)30-18-7-6-8-19-30;1-23(2)11-8-12-25(5)13-9-14-26(6)15-10-16-27(7)17-18-29-19-21-30(22-20-29)28(31)24(3)4;1-20(2)8-5-9-21(3)10-6-11-22(4)13-14-25-15-17-26(18-16-25)24(27)23-12-7-19-28-23/h22,24,27H,6-21,23,25-26,28-32H2,1-5H3;6-8,18-20,26-28H,9-17,21-25H2,1-5H3;17,23-26H,8-16,18-22H2,1-7H3;7-8,10,12-13,19H,5-6,9,11,14-18H2,1-4H3/b34-24+,35-27+;29-20+;27-17+;21-10+,22-13+. The fourth-order valence-electron chi connectivity index (χ4n) is 18.3. The van der Waals surface area contributed by atoms with Crippen molar-refractivity contribution in [1.29, 1.82) is 0 Å². The first kappa shape index (κ1) is 120. The van der Waals surface area contributed by atoms with Gasteiger partial charge in [0.1, 0.15) is 0 Å². The zero-order chi connectivity index (χ0) is 96.9. The summed E-state index contributed by atoms with van der Waals surface area (Å²) in [5.74, 6) is 6.64. The van der Waals surface area contributed by atoms with Crippen LogP contribution in [0.4, 0.5) is 0 Å². The minimum atomic E-state index is 0.00289. The van der Waals surface area contributed by atoms with Gasteiger partial charge in [-0.25, -0.2) is 0 Å². The molecular formula is C119H208N8O5. The summed E-state index contributed by atoms with van der Waals surface area (Å²) < 4.78 is 5.22. The Labute approximate surface area is 815 Å². The van der Waals surface area contributed by atoms with Gasteiger partial charge < -0.3 is 24.0 Å². The smallest absolute Gasteiger partial charge is 0.289 e. The molecule has 0 spiro atoms. The fourth-order valence-corrected chi connectivity index (χ4v) is 18.3. The number of hydrogen-bond donors (Lipinski definition) is 0. The first-order valence-corrected chi connectivity index (χ1v) is 54.7. The molecule has 0 bridgehead atoms. The third-order valence-electron chi connectivity index (χ3n) is 28.0. The summed E-state index contributed by atoms with van der Waals surface area (Å²) in [4.78, 5) is 67.5. The number of carbonyl (C=O) groups is 4. The van der Waals surface area contributed by atoms with E-state index in [1.54, 1.807) is 18.4 Å². The first-order valence-electron chi connectivity index (χ1n) is 54.7. The lowest BCUT2D eigenvalue weighted by atomic mass is 9.91. The van der Waals surface area contributed by atoms with Crippen molar-refractivity contribution in [2.45, 2.75) is 409 Å². The lowest BCUT2D eigenvalue weighted by Crippen LogP contribution is -2.49. The van der Waals surface area contributed by atoms with Crippen molar-refractivity contribution >= 4 is 23.6 Å². The monoisotopic (exact) mass is 1830 g/mol. The second-order valence-electron chi connectivity index (χ2n) is 43.1. The number of piperazine rings is 4. The third-order valence-corrected chi connectivity index (χ3v) is 28.0. The lowest BCUT2D eigenvalue weighted by molar-refractivity contribution is -0.136. The highest BCUT2D eigenvalue weighted by molar-refractivity contribution is 5.94. The average Bonchev–Trinajstić information content (AvgIpc) is 1.76. The summed E-state index contributed by atoms with van der Waals surface area (Å²) in [6.07, 6.45) is 74.2. The summed E-state index contributed by atoms with van der Waals surface area (Å²) in [5, 5.41) is 0. The van der Waals surface area contributed by atoms with Gasteiger partial charge in [-0.1, -0.05) is 361 Å². The van der Waals surface area contributed by atoms with Crippen molar-refractivity contribution in [1.82, 2.24) is 39.2 Å². The topological polar surface area (TPSA) is 107 Å². The summed E-state index contributed by atoms with van der Waals surface area (Å²) in [5.41, 5.74) is 12.6. The van der Waals surface area contributed by atoms with E-state index >= 15 is 0 Å². The summed E-state index contributed by atoms with van der Waals surface area (Å²) >= 11 is 0. The van der Waals surface area contributed by atoms with Gasteiger partial charge in [-0.3, -0.25) is 38.8 Å². The minimum absolute atomic E-state index is 0.00289. The van der Waals surface area contributed by atoms with E-state index < -0.39 is 0 Å². The molecule has 13 nitrogen and oxygen atoms in total. The Balaban J connectivity index is 0.000000456. The fraction of sp³-hybridized carbons (Fsp3) is 0.748. The van der Waals surface area contributed by atoms with E-state index in [-0.39, 0.29) is 17.7 Å². The number of rotatable bonds is 62. The number of benzene rings is 1. The van der Waals surface area contributed by atoms with E-state index in [9.17, 15) is 19.2 Å². The minimum Gasteiger partial charge on any atom is -0.459 e. The second-order valence-corrected chi connectivity index (χ2v) is 43.1. The molecule has 0 aliphatic carbocycles. The van der Waals surface area contributed by atoms with E-state index in [4.69, 9.17) is 4.42 Å². The summed E-state index contributed by atoms with van der Waals surface area (Å²) in [7, 11) is 0. The van der Waals surface area contributed by atoms with Gasteiger partial charge in [0.05, 0.1) is 6.26 Å². The van der Waals surface area contributed by atoms with Gasteiger partial charge >= 0.3 is 0 Å². The van der Waals surface area contributed by atoms with Crippen molar-refractivity contribution in [3.05, 3.63) is 153 Å². The zero-order valence-electron chi connectivity index (χ0n) is 90.0. The highest BCUT2D eigenvalue weighted by Gasteiger charge is 2.27. The van der Waals surface area contributed by atoms with Gasteiger partial charge in [-0.2, -0.15) is 0 Å². The number of hydrogen-bond acceptors (Lipinski definition) is 9. The Morgan fingerprint density at radius 2 is 0.598 bits per heavy atom. The van der Waals surface area contributed by atoms with Crippen LogP contribution < -0.4 is 0 Å². The molecule has 13 heteroatoms. The normalized spacial score (nSPS) is 16.6. The van der Waals surface area contributed by atoms with Crippen molar-refractivity contribution in [2.75, 3.05) is 131 Å². The van der Waals surface area contributed by atoms with Crippen molar-refractivity contribution in [3.63, 3.8) is 0 Å². The van der Waals surface area contributed by atoms with Gasteiger partial charge in [0, 0.05) is 149 Å². The zero-order valence-corrected chi connectivity index (χ0v) is 90.0. The van der Waals surface area contributed by atoms with Crippen LogP contribution in [0, 0.1) is 41.4 Å². The van der Waals surface area contributed by atoms with E-state index in [0.29, 0.717) is 17.6 Å². The average molecular weight is 1830 g/mol. The highest BCUT2D eigenvalue weighted by Crippen LogP contribution is 2.27. The molecule has 2 aromatic rings. The molecule has 4 aliphatic rings. The number of amides is 4. The van der Waals surface area contributed by atoms with Crippen LogP contribution >= 0.6 is 0 Å². The highest BCUT2D eigenvalue weighted by atomic mass is 16.3. The van der Waals surface area contributed by atoms with Crippen LogP contribution in [0.15, 0.2) is 146 Å². The molecule has 4 atom stereocenters. The maximum absolute atomic E-state index is 12.6. The van der Waals surface area contributed by atoms with Crippen LogP contribution in [-0.4, -0.2) is 194 Å². The van der Waals surface area contributed by atoms with Gasteiger partial charge in [0.25, 0.3) is 11.8 Å². The summed E-state index contributed by atoms with van der Waals surface area (Å²) in [6, 6.07) is 13.2. The van der Waals surface area contributed by atoms with Crippen LogP contribution in [0.3, 0.4) is 0 Å². The molecule has 4 aliphatic heterocycles. The van der Waals surface area contributed by atoms with Crippen LogP contribution in [0.2, 0.25) is 0 Å². The predicted octanol–water partition coefficient (Wildman–Crippen LogP) is 30.9. The molecule has 132 heavy (non-hydrogen) atoms. The van der Waals surface area contributed by atoms with Gasteiger partial charge in [0.15, 0.2) is 5.76 Å². The van der Waals surface area contributed by atoms with Crippen molar-refractivity contribution in [3.8, 4) is 0 Å². The van der Waals surface area contributed by atoms with E-state index in [1.807, 2.05) is 58.9 Å². The number of furan rings is 1. The predicted molar refractivity (Wildman–Crippen MR) is 573 cm³/mol. The molecule has 0 N–H and O–H groups in total. The van der Waals surface area contributed by atoms with Crippen molar-refractivity contribution in [2.24, 2.45) is 41.4 Å². The Hall–Kier alpha value is -5.86. The molecule has 4 saturated heterocycles. The number of allylic oxidation sites excluding steroid dienone is 12. The van der Waals surface area contributed by atoms with E-state index in [0.717, 1.165) is 230 Å². The first-order chi connectivity index (χ1) is 63.4. The number of carbonyl (C=O) groups excluding carboxylic acids is 4. The molecule has 4 amide bonds. The quantitative estimate of drug-likeness (QED) is 0.0473. The molecule has 4 fully saturated rings. The molecule has 6 rings (SSSR count). The number of nitrogens with zero attached hydrogens (tertiary/aromatic N) is 8. The summed E-state index contributed by atoms with van der Waals surface area (Å²) in [6.45, 7) is 66.3. The van der Waals surface area contributed by atoms with Crippen LogP contribution in [0.25, 0.3) is 0 Å². The molecule has 4 unspecified atom stereocenters. The van der Waals surface area contributed by atoms with Gasteiger partial charge in [-0.05, 0) is 212 Å². The Morgan fingerprint density at radius 3 is 0.932 bits per heavy atom. The van der Waals surface area contributed by atoms with Gasteiger partial charge in [0.2, 0.25) is 11.8 Å². The van der Waals surface area contributed by atoms with Crippen LogP contribution in [0.1, 0.15) is 430 Å². The molecule has 754 valence electrons.